The Labute approximate surface area is 174 Å². The summed E-state index contributed by atoms with van der Waals surface area (Å²) in [5, 5.41) is 7.98. The fraction of sp³-hybridized carbons (Fsp3) is 0.348. The van der Waals surface area contributed by atoms with Crippen LogP contribution >= 0.6 is 0 Å². The Morgan fingerprint density at radius 3 is 2.53 bits per heavy atom. The van der Waals surface area contributed by atoms with Gasteiger partial charge in [-0.25, -0.2) is 0 Å². The Kier molecular flexibility index (Phi) is 4.96. The Hall–Kier alpha value is -3.19. The van der Waals surface area contributed by atoms with E-state index in [2.05, 4.69) is 15.4 Å². The molecule has 0 spiro atoms. The molecule has 2 amide bonds. The number of nitrogens with zero attached hydrogens (tertiary/aromatic N) is 3. The maximum atomic E-state index is 13.1. The molecule has 1 N–H and O–H groups in total. The van der Waals surface area contributed by atoms with Gasteiger partial charge in [-0.2, -0.15) is 0 Å². The molecule has 2 heterocycles. The van der Waals surface area contributed by atoms with E-state index in [4.69, 9.17) is 4.52 Å². The van der Waals surface area contributed by atoms with Crippen molar-refractivity contribution in [2.75, 3.05) is 32.7 Å². The van der Waals surface area contributed by atoms with Gasteiger partial charge in [-0.05, 0) is 31.0 Å². The molecule has 2 fully saturated rings. The molecule has 3 aromatic rings. The van der Waals surface area contributed by atoms with Crippen molar-refractivity contribution in [3.8, 4) is 11.3 Å². The number of amides is 2. The quantitative estimate of drug-likeness (QED) is 0.707. The van der Waals surface area contributed by atoms with Crippen molar-refractivity contribution in [3.63, 3.8) is 0 Å². The van der Waals surface area contributed by atoms with Crippen molar-refractivity contribution >= 4 is 22.7 Å². The number of carbonyl (C=O) groups excluding carboxylic acids is 2. The van der Waals surface area contributed by atoms with Crippen LogP contribution in [-0.4, -0.2) is 65.5 Å². The molecule has 0 unspecified atom stereocenters. The zero-order valence-electron chi connectivity index (χ0n) is 16.7. The topological polar surface area (TPSA) is 78.7 Å². The number of hydrogen-bond donors (Lipinski definition) is 1. The molecular formula is C23H24N4O3. The highest BCUT2D eigenvalue weighted by atomic mass is 16.5. The molecule has 5 rings (SSSR count). The maximum Gasteiger partial charge on any atom is 0.253 e. The summed E-state index contributed by atoms with van der Waals surface area (Å²) in [6.45, 7) is 3.04. The van der Waals surface area contributed by atoms with Crippen LogP contribution in [0.4, 0.5) is 0 Å². The van der Waals surface area contributed by atoms with Gasteiger partial charge >= 0.3 is 0 Å². The largest absolute Gasteiger partial charge is 0.355 e. The molecule has 0 atom stereocenters. The van der Waals surface area contributed by atoms with Gasteiger partial charge in [-0.1, -0.05) is 35.5 Å². The van der Waals surface area contributed by atoms with Gasteiger partial charge in [0.05, 0.1) is 11.9 Å². The number of benzene rings is 2. The standard InChI is InChI=1S/C23H24N4O3/c28-21(24-18-7-8-18)15-26-10-12-27(13-11-26)23(29)17-6-9-20-19(14-17)22(30-25-20)16-4-2-1-3-5-16/h1-6,9,14,18H,7-8,10-13,15H2,(H,24,28). The lowest BCUT2D eigenvalue weighted by Gasteiger charge is -2.34. The minimum Gasteiger partial charge on any atom is -0.355 e. The second-order valence-corrected chi connectivity index (χ2v) is 8.02. The van der Waals surface area contributed by atoms with Crippen LogP contribution in [-0.2, 0) is 4.79 Å². The monoisotopic (exact) mass is 404 g/mol. The number of fused-ring (bicyclic) bond motifs is 1. The first-order valence-corrected chi connectivity index (χ1v) is 10.4. The molecule has 1 aromatic heterocycles. The third-order valence-electron chi connectivity index (χ3n) is 5.73. The van der Waals surface area contributed by atoms with E-state index in [1.54, 1.807) is 6.07 Å². The molecule has 2 aromatic carbocycles. The number of carbonyl (C=O) groups is 2. The van der Waals surface area contributed by atoms with Crippen molar-refractivity contribution in [2.24, 2.45) is 0 Å². The molecule has 1 saturated heterocycles. The minimum absolute atomic E-state index is 0.000747. The molecule has 7 heteroatoms. The molecular weight excluding hydrogens is 380 g/mol. The average Bonchev–Trinajstić information content (AvgIpc) is 3.49. The minimum atomic E-state index is -0.000747. The van der Waals surface area contributed by atoms with Gasteiger partial charge in [0.1, 0.15) is 5.52 Å². The summed E-state index contributed by atoms with van der Waals surface area (Å²) in [5.41, 5.74) is 2.29. The summed E-state index contributed by atoms with van der Waals surface area (Å²) in [6.07, 6.45) is 2.19. The van der Waals surface area contributed by atoms with Gasteiger partial charge in [0.2, 0.25) is 5.91 Å². The molecule has 0 radical (unpaired) electrons. The molecule has 0 bridgehead atoms. The molecule has 2 aliphatic rings. The Morgan fingerprint density at radius 2 is 1.80 bits per heavy atom. The van der Waals surface area contributed by atoms with Crippen LogP contribution in [0.3, 0.4) is 0 Å². The van der Waals surface area contributed by atoms with E-state index in [1.165, 1.54) is 0 Å². The van der Waals surface area contributed by atoms with E-state index >= 15 is 0 Å². The van der Waals surface area contributed by atoms with Gasteiger partial charge in [0.15, 0.2) is 5.76 Å². The predicted molar refractivity (Wildman–Crippen MR) is 113 cm³/mol. The summed E-state index contributed by atoms with van der Waals surface area (Å²) in [6, 6.07) is 15.7. The molecule has 1 aliphatic carbocycles. The second kappa shape index (κ2) is 7.91. The van der Waals surface area contributed by atoms with Crippen LogP contribution in [0.1, 0.15) is 23.2 Å². The molecule has 1 saturated carbocycles. The lowest BCUT2D eigenvalue weighted by atomic mass is 10.1. The smallest absolute Gasteiger partial charge is 0.253 e. The van der Waals surface area contributed by atoms with Crippen LogP contribution in [0.2, 0.25) is 0 Å². The van der Waals surface area contributed by atoms with Crippen molar-refractivity contribution in [3.05, 3.63) is 54.1 Å². The summed E-state index contributed by atoms with van der Waals surface area (Å²) in [4.78, 5) is 29.0. The summed E-state index contributed by atoms with van der Waals surface area (Å²) < 4.78 is 5.54. The summed E-state index contributed by atoms with van der Waals surface area (Å²) in [5.74, 6) is 0.759. The van der Waals surface area contributed by atoms with Crippen molar-refractivity contribution in [1.82, 2.24) is 20.3 Å². The van der Waals surface area contributed by atoms with Gasteiger partial charge in [0, 0.05) is 43.3 Å². The third-order valence-corrected chi connectivity index (χ3v) is 5.73. The van der Waals surface area contributed by atoms with Crippen molar-refractivity contribution in [2.45, 2.75) is 18.9 Å². The maximum absolute atomic E-state index is 13.1. The van der Waals surface area contributed by atoms with Gasteiger partial charge < -0.3 is 14.7 Å². The number of rotatable bonds is 5. The van der Waals surface area contributed by atoms with Gasteiger partial charge in [-0.3, -0.25) is 14.5 Å². The fourth-order valence-electron chi connectivity index (χ4n) is 3.87. The molecule has 7 nitrogen and oxygen atoms in total. The second-order valence-electron chi connectivity index (χ2n) is 8.02. The van der Waals surface area contributed by atoms with E-state index in [0.29, 0.717) is 50.1 Å². The summed E-state index contributed by atoms with van der Waals surface area (Å²) in [7, 11) is 0. The fourth-order valence-corrected chi connectivity index (χ4v) is 3.87. The normalized spacial score (nSPS) is 17.3. The summed E-state index contributed by atoms with van der Waals surface area (Å²) >= 11 is 0. The number of aromatic nitrogens is 1. The average molecular weight is 404 g/mol. The van der Waals surface area contributed by atoms with Gasteiger partial charge in [-0.15, -0.1) is 0 Å². The molecule has 30 heavy (non-hydrogen) atoms. The van der Waals surface area contributed by atoms with Crippen LogP contribution in [0.5, 0.6) is 0 Å². The SMILES string of the molecule is O=C(CN1CCN(C(=O)c2ccc3noc(-c4ccccc4)c3c2)CC1)NC1CC1. The predicted octanol–water partition coefficient (Wildman–Crippen LogP) is 2.53. The first kappa shape index (κ1) is 18.8. The van der Waals surface area contributed by atoms with Crippen molar-refractivity contribution < 1.29 is 14.1 Å². The number of nitrogens with one attached hydrogen (secondary N) is 1. The third kappa shape index (κ3) is 3.93. The van der Waals surface area contributed by atoms with E-state index < -0.39 is 0 Å². The van der Waals surface area contributed by atoms with Crippen molar-refractivity contribution in [1.29, 1.82) is 0 Å². The van der Waals surface area contributed by atoms with Crippen LogP contribution < -0.4 is 5.32 Å². The zero-order chi connectivity index (χ0) is 20.5. The number of hydrogen-bond acceptors (Lipinski definition) is 5. The Morgan fingerprint density at radius 1 is 1.03 bits per heavy atom. The van der Waals surface area contributed by atoms with E-state index in [-0.39, 0.29) is 11.8 Å². The van der Waals surface area contributed by atoms with E-state index in [0.717, 1.165) is 29.3 Å². The van der Waals surface area contributed by atoms with Crippen LogP contribution in [0.15, 0.2) is 53.1 Å². The van der Waals surface area contributed by atoms with Gasteiger partial charge in [0.25, 0.3) is 5.91 Å². The Bertz CT molecular complexity index is 1070. The highest BCUT2D eigenvalue weighted by Crippen LogP contribution is 2.29. The van der Waals surface area contributed by atoms with Crippen LogP contribution in [0.25, 0.3) is 22.2 Å². The highest BCUT2D eigenvalue weighted by Gasteiger charge is 2.27. The van der Waals surface area contributed by atoms with E-state index in [9.17, 15) is 9.59 Å². The lowest BCUT2D eigenvalue weighted by molar-refractivity contribution is -0.122. The molecule has 1 aliphatic heterocycles. The van der Waals surface area contributed by atoms with E-state index in [1.807, 2.05) is 47.4 Å². The van der Waals surface area contributed by atoms with Crippen LogP contribution in [0, 0.1) is 0 Å². The zero-order valence-corrected chi connectivity index (χ0v) is 16.7. The number of piperazine rings is 1. The lowest BCUT2D eigenvalue weighted by Crippen LogP contribution is -2.51. The first-order chi connectivity index (χ1) is 14.7. The first-order valence-electron chi connectivity index (χ1n) is 10.4. The Balaban J connectivity index is 1.26. The highest BCUT2D eigenvalue weighted by molar-refractivity contribution is 6.01. The molecule has 154 valence electrons.